The van der Waals surface area contributed by atoms with Crippen molar-refractivity contribution in [2.45, 2.75) is 6.42 Å². The largest absolute Gasteiger partial charge is 0.394 e. The minimum Gasteiger partial charge on any atom is -0.394 e. The van der Waals surface area contributed by atoms with Crippen LogP contribution in [0.15, 0.2) is 24.3 Å². The van der Waals surface area contributed by atoms with E-state index in [2.05, 4.69) is 10.6 Å². The van der Waals surface area contributed by atoms with Crippen LogP contribution in [0, 0.1) is 0 Å². The van der Waals surface area contributed by atoms with E-state index in [9.17, 15) is 4.79 Å². The molecule has 106 valence electrons. The molecular weight excluding hydrogens is 244 g/mol. The number of carbonyl (C=O) groups excluding carboxylic acids is 1. The molecule has 1 aromatic carbocycles. The molecule has 0 aliphatic heterocycles. The number of carbonyl (C=O) groups is 1. The Hall–Kier alpha value is -1.43. The summed E-state index contributed by atoms with van der Waals surface area (Å²) in [7, 11) is 1.89. The van der Waals surface area contributed by atoms with E-state index in [4.69, 9.17) is 9.84 Å². The van der Waals surface area contributed by atoms with Crippen LogP contribution in [0.5, 0.6) is 0 Å². The summed E-state index contributed by atoms with van der Waals surface area (Å²) < 4.78 is 5.09. The lowest BCUT2D eigenvalue weighted by molar-refractivity contribution is 0.0837. The second-order valence-corrected chi connectivity index (χ2v) is 4.10. The molecule has 1 rings (SSSR count). The summed E-state index contributed by atoms with van der Waals surface area (Å²) >= 11 is 0. The molecule has 0 aliphatic rings. The summed E-state index contributed by atoms with van der Waals surface area (Å²) in [5.41, 5.74) is 1.74. The summed E-state index contributed by atoms with van der Waals surface area (Å²) in [6, 6.07) is 7.59. The summed E-state index contributed by atoms with van der Waals surface area (Å²) in [6.07, 6.45) is 0.821. The average Bonchev–Trinajstić information content (AvgIpc) is 2.45. The minimum atomic E-state index is -0.0840. The Morgan fingerprint density at radius 1 is 1.26 bits per heavy atom. The molecule has 5 heteroatoms. The predicted molar refractivity (Wildman–Crippen MR) is 74.3 cm³/mol. The Morgan fingerprint density at radius 3 is 2.79 bits per heavy atom. The zero-order valence-corrected chi connectivity index (χ0v) is 11.3. The van der Waals surface area contributed by atoms with E-state index >= 15 is 0 Å². The fourth-order valence-corrected chi connectivity index (χ4v) is 1.72. The maximum Gasteiger partial charge on any atom is 0.251 e. The highest BCUT2D eigenvalue weighted by Gasteiger charge is 2.09. The van der Waals surface area contributed by atoms with Crippen molar-refractivity contribution in [2.24, 2.45) is 0 Å². The van der Waals surface area contributed by atoms with Gasteiger partial charge in [0, 0.05) is 12.1 Å². The van der Waals surface area contributed by atoms with Crippen molar-refractivity contribution in [2.75, 3.05) is 40.0 Å². The summed E-state index contributed by atoms with van der Waals surface area (Å²) in [4.78, 5) is 12.0. The number of hydrogen-bond acceptors (Lipinski definition) is 4. The molecule has 0 bridgehead atoms. The van der Waals surface area contributed by atoms with Crippen molar-refractivity contribution in [3.63, 3.8) is 0 Å². The summed E-state index contributed by atoms with van der Waals surface area (Å²) in [5, 5.41) is 14.4. The smallest absolute Gasteiger partial charge is 0.251 e. The second kappa shape index (κ2) is 9.49. The van der Waals surface area contributed by atoms with Crippen LogP contribution in [0.2, 0.25) is 0 Å². The highest BCUT2D eigenvalue weighted by molar-refractivity contribution is 5.95. The van der Waals surface area contributed by atoms with E-state index < -0.39 is 0 Å². The first-order valence-corrected chi connectivity index (χ1v) is 6.49. The van der Waals surface area contributed by atoms with E-state index in [1.165, 1.54) is 0 Å². The Balaban J connectivity index is 2.46. The van der Waals surface area contributed by atoms with Crippen LogP contribution in [0.1, 0.15) is 15.9 Å². The van der Waals surface area contributed by atoms with Gasteiger partial charge < -0.3 is 20.5 Å². The molecule has 3 N–H and O–H groups in total. The van der Waals surface area contributed by atoms with Gasteiger partial charge in [0.15, 0.2) is 0 Å². The SMILES string of the molecule is CNCCc1ccccc1C(=O)NCCOCCO. The first-order valence-electron chi connectivity index (χ1n) is 6.49. The molecule has 1 amide bonds. The molecule has 1 aromatic rings. The number of aliphatic hydroxyl groups excluding tert-OH is 1. The molecule has 0 radical (unpaired) electrons. The lowest BCUT2D eigenvalue weighted by Crippen LogP contribution is -2.28. The molecule has 19 heavy (non-hydrogen) atoms. The van der Waals surface area contributed by atoms with Gasteiger partial charge in [-0.3, -0.25) is 4.79 Å². The van der Waals surface area contributed by atoms with Crippen LogP contribution in [0.4, 0.5) is 0 Å². The maximum atomic E-state index is 12.0. The van der Waals surface area contributed by atoms with Gasteiger partial charge in [-0.2, -0.15) is 0 Å². The number of amides is 1. The van der Waals surface area contributed by atoms with Gasteiger partial charge in [0.1, 0.15) is 0 Å². The Morgan fingerprint density at radius 2 is 2.05 bits per heavy atom. The lowest BCUT2D eigenvalue weighted by atomic mass is 10.0. The van der Waals surface area contributed by atoms with Gasteiger partial charge in [-0.1, -0.05) is 18.2 Å². The predicted octanol–water partition coefficient (Wildman–Crippen LogP) is 0.187. The maximum absolute atomic E-state index is 12.0. The van der Waals surface area contributed by atoms with Crippen LogP contribution in [0.3, 0.4) is 0 Å². The molecule has 0 aliphatic carbocycles. The third-order valence-corrected chi connectivity index (χ3v) is 2.67. The Bertz CT molecular complexity index is 383. The highest BCUT2D eigenvalue weighted by atomic mass is 16.5. The van der Waals surface area contributed by atoms with Crippen molar-refractivity contribution in [3.05, 3.63) is 35.4 Å². The van der Waals surface area contributed by atoms with Gasteiger partial charge in [0.2, 0.25) is 0 Å². The first-order chi connectivity index (χ1) is 9.29. The monoisotopic (exact) mass is 266 g/mol. The van der Waals surface area contributed by atoms with Crippen LogP contribution in [-0.2, 0) is 11.2 Å². The zero-order chi connectivity index (χ0) is 13.9. The molecule has 0 saturated carbocycles. The van der Waals surface area contributed by atoms with Gasteiger partial charge in [0.05, 0.1) is 19.8 Å². The van der Waals surface area contributed by atoms with Crippen LogP contribution in [0.25, 0.3) is 0 Å². The number of likely N-dealkylation sites (N-methyl/N-ethyl adjacent to an activating group) is 1. The molecule has 5 nitrogen and oxygen atoms in total. The van der Waals surface area contributed by atoms with E-state index in [1.54, 1.807) is 0 Å². The summed E-state index contributed by atoms with van der Waals surface area (Å²) in [6.45, 7) is 1.99. The fourth-order valence-electron chi connectivity index (χ4n) is 1.72. The van der Waals surface area contributed by atoms with Gasteiger partial charge >= 0.3 is 0 Å². The number of aliphatic hydroxyl groups is 1. The highest BCUT2D eigenvalue weighted by Crippen LogP contribution is 2.09. The molecule has 0 atom stereocenters. The second-order valence-electron chi connectivity index (χ2n) is 4.10. The summed E-state index contributed by atoms with van der Waals surface area (Å²) in [5.74, 6) is -0.0840. The van der Waals surface area contributed by atoms with Crippen molar-refractivity contribution in [1.29, 1.82) is 0 Å². The van der Waals surface area contributed by atoms with Gasteiger partial charge in [-0.15, -0.1) is 0 Å². The molecule has 0 spiro atoms. The van der Waals surface area contributed by atoms with Crippen LogP contribution < -0.4 is 10.6 Å². The van der Waals surface area contributed by atoms with Crippen LogP contribution in [-0.4, -0.2) is 51.0 Å². The molecule has 0 saturated heterocycles. The van der Waals surface area contributed by atoms with E-state index in [1.807, 2.05) is 31.3 Å². The third kappa shape index (κ3) is 5.83. The van der Waals surface area contributed by atoms with Gasteiger partial charge in [-0.05, 0) is 31.6 Å². The van der Waals surface area contributed by atoms with E-state index in [0.717, 1.165) is 18.5 Å². The van der Waals surface area contributed by atoms with Crippen molar-refractivity contribution >= 4 is 5.91 Å². The minimum absolute atomic E-state index is 0.000791. The number of nitrogens with one attached hydrogen (secondary N) is 2. The molecule has 0 unspecified atom stereocenters. The average molecular weight is 266 g/mol. The quantitative estimate of drug-likeness (QED) is 0.558. The number of hydrogen-bond donors (Lipinski definition) is 3. The normalized spacial score (nSPS) is 10.4. The van der Waals surface area contributed by atoms with Gasteiger partial charge in [-0.25, -0.2) is 0 Å². The number of ether oxygens (including phenoxy) is 1. The van der Waals surface area contributed by atoms with Crippen molar-refractivity contribution in [1.82, 2.24) is 10.6 Å². The number of rotatable bonds is 9. The lowest BCUT2D eigenvalue weighted by Gasteiger charge is -2.10. The standard InChI is InChI=1S/C14H22N2O3/c1-15-7-6-12-4-2-3-5-13(12)14(18)16-8-10-19-11-9-17/h2-5,15,17H,6-11H2,1H3,(H,16,18). The molecule has 0 aromatic heterocycles. The van der Waals surface area contributed by atoms with Crippen LogP contribution >= 0.6 is 0 Å². The van der Waals surface area contributed by atoms with Gasteiger partial charge in [0.25, 0.3) is 5.91 Å². The Labute approximate surface area is 114 Å². The number of benzene rings is 1. The van der Waals surface area contributed by atoms with E-state index in [-0.39, 0.29) is 12.5 Å². The van der Waals surface area contributed by atoms with E-state index in [0.29, 0.717) is 25.3 Å². The fraction of sp³-hybridized carbons (Fsp3) is 0.500. The zero-order valence-electron chi connectivity index (χ0n) is 11.3. The third-order valence-electron chi connectivity index (χ3n) is 2.67. The first kappa shape index (κ1) is 15.6. The van der Waals surface area contributed by atoms with Crippen molar-refractivity contribution < 1.29 is 14.6 Å². The molecular formula is C14H22N2O3. The molecule has 0 heterocycles. The van der Waals surface area contributed by atoms with Crippen molar-refractivity contribution in [3.8, 4) is 0 Å². The topological polar surface area (TPSA) is 70.6 Å². The Kier molecular flexibility index (Phi) is 7.81. The molecule has 0 fully saturated rings.